The van der Waals surface area contributed by atoms with Crippen LogP contribution in [0.1, 0.15) is 15.6 Å². The Balaban J connectivity index is 2.12. The van der Waals surface area contributed by atoms with Crippen LogP contribution in [0.25, 0.3) is 0 Å². The first kappa shape index (κ1) is 13.4. The Kier molecular flexibility index (Phi) is 4.24. The zero-order valence-electron chi connectivity index (χ0n) is 10.6. The quantitative estimate of drug-likeness (QED) is 0.916. The van der Waals surface area contributed by atoms with Crippen LogP contribution in [0, 0.1) is 13.8 Å². The van der Waals surface area contributed by atoms with E-state index in [0.29, 0.717) is 0 Å². The molecule has 0 aliphatic heterocycles. The maximum absolute atomic E-state index is 5.22. The maximum Gasteiger partial charge on any atom is 0.121 e. The van der Waals surface area contributed by atoms with Gasteiger partial charge in [-0.1, -0.05) is 0 Å². The lowest BCUT2D eigenvalue weighted by Gasteiger charge is -2.09. The van der Waals surface area contributed by atoms with E-state index in [1.54, 1.807) is 18.4 Å². The number of hydrogen-bond acceptors (Lipinski definition) is 4. The van der Waals surface area contributed by atoms with Crippen LogP contribution in [0.15, 0.2) is 22.7 Å². The van der Waals surface area contributed by atoms with Gasteiger partial charge in [-0.05, 0) is 41.9 Å². The predicted octanol–water partition coefficient (Wildman–Crippen LogP) is 4.14. The fraction of sp³-hybridized carbons (Fsp3) is 0.308. The first-order chi connectivity index (χ1) is 8.60. The molecular formula is C13H15BrN2OS. The fourth-order valence-corrected chi connectivity index (χ4v) is 2.94. The number of halogens is 1. The minimum Gasteiger partial charge on any atom is -0.497 e. The number of aryl methyl sites for hydroxylation is 2. The molecule has 0 spiro atoms. The van der Waals surface area contributed by atoms with E-state index in [9.17, 15) is 0 Å². The Morgan fingerprint density at radius 1 is 1.39 bits per heavy atom. The van der Waals surface area contributed by atoms with Gasteiger partial charge >= 0.3 is 0 Å². The summed E-state index contributed by atoms with van der Waals surface area (Å²) in [6.45, 7) is 4.85. The highest BCUT2D eigenvalue weighted by Crippen LogP contribution is 2.28. The van der Waals surface area contributed by atoms with E-state index in [4.69, 9.17) is 4.74 Å². The first-order valence-corrected chi connectivity index (χ1v) is 7.21. The van der Waals surface area contributed by atoms with Crippen molar-refractivity contribution in [3.8, 4) is 5.75 Å². The van der Waals surface area contributed by atoms with Gasteiger partial charge in [0.1, 0.15) is 5.75 Å². The number of nitrogens with zero attached hydrogens (tertiary/aromatic N) is 1. The van der Waals surface area contributed by atoms with E-state index in [2.05, 4.69) is 26.2 Å². The molecule has 0 fully saturated rings. The molecule has 1 aromatic carbocycles. The van der Waals surface area contributed by atoms with Gasteiger partial charge < -0.3 is 10.1 Å². The number of nitrogens with one attached hydrogen (secondary N) is 1. The van der Waals surface area contributed by atoms with Crippen LogP contribution in [-0.2, 0) is 6.54 Å². The molecule has 0 radical (unpaired) electrons. The summed E-state index contributed by atoms with van der Waals surface area (Å²) in [5.41, 5.74) is 2.13. The van der Waals surface area contributed by atoms with Crippen molar-refractivity contribution in [1.29, 1.82) is 0 Å². The summed E-state index contributed by atoms with van der Waals surface area (Å²) in [6, 6.07) is 5.89. The lowest BCUT2D eigenvalue weighted by atomic mass is 10.3. The number of thiazole rings is 1. The molecule has 2 rings (SSSR count). The molecule has 2 aromatic rings. The molecule has 1 N–H and O–H groups in total. The second kappa shape index (κ2) is 5.71. The molecule has 0 saturated carbocycles. The largest absolute Gasteiger partial charge is 0.497 e. The molecule has 0 saturated heterocycles. The van der Waals surface area contributed by atoms with Gasteiger partial charge in [0.25, 0.3) is 0 Å². The third-order valence-electron chi connectivity index (χ3n) is 2.61. The van der Waals surface area contributed by atoms with E-state index < -0.39 is 0 Å². The van der Waals surface area contributed by atoms with Gasteiger partial charge in [-0.25, -0.2) is 4.98 Å². The minimum absolute atomic E-state index is 0.781. The Morgan fingerprint density at radius 2 is 2.17 bits per heavy atom. The smallest absolute Gasteiger partial charge is 0.121 e. The van der Waals surface area contributed by atoms with Gasteiger partial charge in [0.2, 0.25) is 0 Å². The molecule has 0 unspecified atom stereocenters. The zero-order valence-corrected chi connectivity index (χ0v) is 13.0. The number of methoxy groups -OCH3 is 1. The lowest BCUT2D eigenvalue weighted by Crippen LogP contribution is -2.00. The van der Waals surface area contributed by atoms with E-state index >= 15 is 0 Å². The SMILES string of the molecule is COc1ccc(Br)c(NCc2sc(C)nc2C)c1. The number of aromatic nitrogens is 1. The Labute approximate surface area is 119 Å². The summed E-state index contributed by atoms with van der Waals surface area (Å²) in [5.74, 6) is 0.845. The predicted molar refractivity (Wildman–Crippen MR) is 79.6 cm³/mol. The summed E-state index contributed by atoms with van der Waals surface area (Å²) in [5, 5.41) is 4.51. The molecule has 0 amide bonds. The second-order valence-corrected chi connectivity index (χ2v) is 6.08. The fourth-order valence-electron chi connectivity index (χ4n) is 1.68. The summed E-state index contributed by atoms with van der Waals surface area (Å²) in [4.78, 5) is 5.69. The number of rotatable bonds is 4. The Bertz CT molecular complexity index is 554. The summed E-state index contributed by atoms with van der Waals surface area (Å²) < 4.78 is 6.25. The van der Waals surface area contributed by atoms with Crippen molar-refractivity contribution in [3.05, 3.63) is 38.3 Å². The van der Waals surface area contributed by atoms with Crippen molar-refractivity contribution < 1.29 is 4.74 Å². The number of ether oxygens (including phenoxy) is 1. The van der Waals surface area contributed by atoms with Gasteiger partial charge in [0.05, 0.1) is 30.0 Å². The lowest BCUT2D eigenvalue weighted by molar-refractivity contribution is 0.415. The molecule has 96 valence electrons. The maximum atomic E-state index is 5.22. The molecule has 0 aliphatic carbocycles. The van der Waals surface area contributed by atoms with Crippen LogP contribution in [0.5, 0.6) is 5.75 Å². The van der Waals surface area contributed by atoms with Crippen molar-refractivity contribution in [2.24, 2.45) is 0 Å². The molecule has 18 heavy (non-hydrogen) atoms. The Morgan fingerprint density at radius 3 is 2.78 bits per heavy atom. The standard InChI is InChI=1S/C13H15BrN2OS/c1-8-13(18-9(2)16-8)7-15-12-6-10(17-3)4-5-11(12)14/h4-6,15H,7H2,1-3H3. The topological polar surface area (TPSA) is 34.1 Å². The molecule has 0 bridgehead atoms. The van der Waals surface area contributed by atoms with Gasteiger partial charge in [-0.15, -0.1) is 11.3 Å². The average molecular weight is 327 g/mol. The highest BCUT2D eigenvalue weighted by molar-refractivity contribution is 9.10. The van der Waals surface area contributed by atoms with Crippen LogP contribution < -0.4 is 10.1 Å². The Hall–Kier alpha value is -1.07. The van der Waals surface area contributed by atoms with E-state index in [1.165, 1.54) is 4.88 Å². The van der Waals surface area contributed by atoms with Crippen LogP contribution in [-0.4, -0.2) is 12.1 Å². The van der Waals surface area contributed by atoms with Crippen molar-refractivity contribution in [3.63, 3.8) is 0 Å². The van der Waals surface area contributed by atoms with Crippen molar-refractivity contribution >= 4 is 33.0 Å². The molecule has 1 heterocycles. The number of benzene rings is 1. The van der Waals surface area contributed by atoms with Crippen LogP contribution in [0.2, 0.25) is 0 Å². The molecule has 0 aliphatic rings. The summed E-state index contributed by atoms with van der Waals surface area (Å²) >= 11 is 5.26. The van der Waals surface area contributed by atoms with Crippen molar-refractivity contribution in [2.45, 2.75) is 20.4 Å². The highest BCUT2D eigenvalue weighted by atomic mass is 79.9. The molecular weight excluding hydrogens is 312 g/mol. The number of hydrogen-bond donors (Lipinski definition) is 1. The summed E-state index contributed by atoms with van der Waals surface area (Å²) in [6.07, 6.45) is 0. The van der Waals surface area contributed by atoms with Crippen LogP contribution in [0.3, 0.4) is 0 Å². The van der Waals surface area contributed by atoms with Gasteiger partial charge in [-0.3, -0.25) is 0 Å². The van der Waals surface area contributed by atoms with E-state index in [0.717, 1.165) is 33.2 Å². The van der Waals surface area contributed by atoms with Gasteiger partial charge in [-0.2, -0.15) is 0 Å². The monoisotopic (exact) mass is 326 g/mol. The normalized spacial score (nSPS) is 10.4. The van der Waals surface area contributed by atoms with Crippen molar-refractivity contribution in [1.82, 2.24) is 4.98 Å². The summed E-state index contributed by atoms with van der Waals surface area (Å²) in [7, 11) is 1.67. The minimum atomic E-state index is 0.781. The van der Waals surface area contributed by atoms with E-state index in [-0.39, 0.29) is 0 Å². The second-order valence-electron chi connectivity index (χ2n) is 3.94. The van der Waals surface area contributed by atoms with Gasteiger partial charge in [0.15, 0.2) is 0 Å². The number of anilines is 1. The molecule has 3 nitrogen and oxygen atoms in total. The third-order valence-corrected chi connectivity index (χ3v) is 4.38. The molecule has 5 heteroatoms. The average Bonchev–Trinajstić information content (AvgIpc) is 2.67. The molecule has 0 atom stereocenters. The highest BCUT2D eigenvalue weighted by Gasteiger charge is 2.06. The van der Waals surface area contributed by atoms with Crippen LogP contribution in [0.4, 0.5) is 5.69 Å². The van der Waals surface area contributed by atoms with Crippen molar-refractivity contribution in [2.75, 3.05) is 12.4 Å². The molecule has 1 aromatic heterocycles. The van der Waals surface area contributed by atoms with Crippen LogP contribution >= 0.6 is 27.3 Å². The van der Waals surface area contributed by atoms with Gasteiger partial charge in [0, 0.05) is 15.4 Å². The van der Waals surface area contributed by atoms with E-state index in [1.807, 2.05) is 32.0 Å². The first-order valence-electron chi connectivity index (χ1n) is 5.60. The third kappa shape index (κ3) is 3.03. The zero-order chi connectivity index (χ0) is 13.1.